The number of alkyl halides is 3. The Morgan fingerprint density at radius 3 is 2.74 bits per heavy atom. The van der Waals surface area contributed by atoms with Crippen molar-refractivity contribution in [3.05, 3.63) is 88.9 Å². The van der Waals surface area contributed by atoms with Crippen molar-refractivity contribution in [1.82, 2.24) is 25.0 Å². The van der Waals surface area contributed by atoms with Gasteiger partial charge in [0, 0.05) is 42.8 Å². The molecule has 3 heterocycles. The zero-order chi connectivity index (χ0) is 24.6. The molecule has 0 bridgehead atoms. The molecule has 35 heavy (non-hydrogen) atoms. The Morgan fingerprint density at radius 2 is 1.91 bits per heavy atom. The molecule has 7 nitrogen and oxygen atoms in total. The van der Waals surface area contributed by atoms with Crippen molar-refractivity contribution in [3.63, 3.8) is 0 Å². The Bertz CT molecular complexity index is 1410. The quantitative estimate of drug-likeness (QED) is 0.437. The fourth-order valence-electron chi connectivity index (χ4n) is 4.31. The average molecular weight is 481 g/mol. The van der Waals surface area contributed by atoms with Crippen molar-refractivity contribution >= 4 is 22.7 Å². The van der Waals surface area contributed by atoms with Gasteiger partial charge in [0.2, 0.25) is 0 Å². The van der Waals surface area contributed by atoms with Gasteiger partial charge in [-0.15, -0.1) is 0 Å². The highest BCUT2D eigenvalue weighted by molar-refractivity contribution is 5.98. The summed E-state index contributed by atoms with van der Waals surface area (Å²) >= 11 is 0. The van der Waals surface area contributed by atoms with Crippen LogP contribution >= 0.6 is 0 Å². The Balaban J connectivity index is 1.22. The van der Waals surface area contributed by atoms with Gasteiger partial charge in [0.1, 0.15) is 5.69 Å². The second kappa shape index (κ2) is 8.94. The van der Waals surface area contributed by atoms with Crippen LogP contribution in [0.1, 0.15) is 37.7 Å². The summed E-state index contributed by atoms with van der Waals surface area (Å²) in [5.74, 6) is -0.761. The monoisotopic (exact) mass is 481 g/mol. The van der Waals surface area contributed by atoms with Crippen molar-refractivity contribution in [3.8, 4) is 0 Å². The lowest BCUT2D eigenvalue weighted by Crippen LogP contribution is -2.39. The van der Waals surface area contributed by atoms with Crippen LogP contribution in [-0.4, -0.2) is 44.6 Å². The van der Waals surface area contributed by atoms with E-state index in [1.807, 2.05) is 30.5 Å². The third-order valence-corrected chi connectivity index (χ3v) is 6.08. The second-order valence-electron chi connectivity index (χ2n) is 8.43. The zero-order valence-corrected chi connectivity index (χ0v) is 18.6. The SMILES string of the molecule is O=C(NCCc1c[nH]c2ccccc12)c1cc2n(n1)CCN(Cc1cccc(C(F)(F)F)c1)C2=O. The van der Waals surface area contributed by atoms with E-state index in [1.54, 1.807) is 6.07 Å². The fourth-order valence-corrected chi connectivity index (χ4v) is 4.31. The first-order valence-corrected chi connectivity index (χ1v) is 11.2. The molecule has 0 fully saturated rings. The summed E-state index contributed by atoms with van der Waals surface area (Å²) in [7, 11) is 0. The topological polar surface area (TPSA) is 83.0 Å². The molecule has 0 atom stereocenters. The standard InChI is InChI=1S/C25H22F3N5O2/c26-25(27,28)18-5-3-4-16(12-18)15-32-10-11-33-22(24(32)35)13-21(31-33)23(34)29-9-8-17-14-30-20-7-2-1-6-19(17)20/h1-7,12-14,30H,8-11,15H2,(H,29,34). The largest absolute Gasteiger partial charge is 0.416 e. The lowest BCUT2D eigenvalue weighted by atomic mass is 10.1. The summed E-state index contributed by atoms with van der Waals surface area (Å²) in [5, 5.41) is 8.20. The van der Waals surface area contributed by atoms with Crippen molar-refractivity contribution < 1.29 is 22.8 Å². The van der Waals surface area contributed by atoms with E-state index in [-0.39, 0.29) is 36.3 Å². The van der Waals surface area contributed by atoms with E-state index in [0.717, 1.165) is 28.6 Å². The van der Waals surface area contributed by atoms with Gasteiger partial charge >= 0.3 is 6.18 Å². The van der Waals surface area contributed by atoms with Gasteiger partial charge in [0.05, 0.1) is 12.1 Å². The van der Waals surface area contributed by atoms with Gasteiger partial charge < -0.3 is 15.2 Å². The number of benzene rings is 2. The predicted molar refractivity (Wildman–Crippen MR) is 123 cm³/mol. The van der Waals surface area contributed by atoms with Crippen LogP contribution in [0.2, 0.25) is 0 Å². The number of halogens is 3. The molecular weight excluding hydrogens is 459 g/mol. The highest BCUT2D eigenvalue weighted by Crippen LogP contribution is 2.30. The minimum atomic E-state index is -4.45. The molecule has 0 spiro atoms. The van der Waals surface area contributed by atoms with Crippen molar-refractivity contribution in [2.24, 2.45) is 0 Å². The van der Waals surface area contributed by atoms with Crippen LogP contribution in [0.25, 0.3) is 10.9 Å². The summed E-state index contributed by atoms with van der Waals surface area (Å²) in [6.07, 6.45) is -1.90. The number of aromatic amines is 1. The first-order valence-electron chi connectivity index (χ1n) is 11.2. The second-order valence-corrected chi connectivity index (χ2v) is 8.43. The van der Waals surface area contributed by atoms with Gasteiger partial charge in [-0.05, 0) is 35.7 Å². The number of amides is 2. The number of nitrogens with one attached hydrogen (secondary N) is 2. The minimum absolute atomic E-state index is 0.0418. The molecule has 2 aromatic heterocycles. The molecule has 2 N–H and O–H groups in total. The molecule has 1 aliphatic rings. The number of carbonyl (C=O) groups excluding carboxylic acids is 2. The summed E-state index contributed by atoms with van der Waals surface area (Å²) in [6.45, 7) is 1.08. The molecule has 2 aromatic carbocycles. The number of fused-ring (bicyclic) bond motifs is 2. The van der Waals surface area contributed by atoms with Crippen LogP contribution in [-0.2, 0) is 25.7 Å². The number of rotatable bonds is 6. The minimum Gasteiger partial charge on any atom is -0.361 e. The molecule has 0 unspecified atom stereocenters. The predicted octanol–water partition coefficient (Wildman–Crippen LogP) is 4.01. The summed E-state index contributed by atoms with van der Waals surface area (Å²) < 4.78 is 40.5. The molecule has 1 aliphatic heterocycles. The summed E-state index contributed by atoms with van der Waals surface area (Å²) in [5.41, 5.74) is 2.12. The van der Waals surface area contributed by atoms with E-state index in [2.05, 4.69) is 15.4 Å². The van der Waals surface area contributed by atoms with Crippen LogP contribution in [0, 0.1) is 0 Å². The Kier molecular flexibility index (Phi) is 5.80. The van der Waals surface area contributed by atoms with Gasteiger partial charge in [-0.2, -0.15) is 18.3 Å². The van der Waals surface area contributed by atoms with Gasteiger partial charge in [-0.1, -0.05) is 30.3 Å². The van der Waals surface area contributed by atoms with E-state index in [9.17, 15) is 22.8 Å². The summed E-state index contributed by atoms with van der Waals surface area (Å²) in [6, 6.07) is 14.3. The van der Waals surface area contributed by atoms with Crippen LogP contribution < -0.4 is 5.32 Å². The van der Waals surface area contributed by atoms with E-state index in [4.69, 9.17) is 0 Å². The normalized spacial score (nSPS) is 13.8. The molecule has 0 saturated heterocycles. The molecule has 4 aromatic rings. The lowest BCUT2D eigenvalue weighted by molar-refractivity contribution is -0.137. The maximum Gasteiger partial charge on any atom is 0.416 e. The molecule has 2 amide bonds. The average Bonchev–Trinajstić information content (AvgIpc) is 3.46. The lowest BCUT2D eigenvalue weighted by Gasteiger charge is -2.27. The van der Waals surface area contributed by atoms with Gasteiger partial charge in [0.25, 0.3) is 11.8 Å². The number of nitrogens with zero attached hydrogens (tertiary/aromatic N) is 3. The van der Waals surface area contributed by atoms with E-state index in [1.165, 1.54) is 21.7 Å². The molecule has 0 saturated carbocycles. The third kappa shape index (κ3) is 4.64. The van der Waals surface area contributed by atoms with Crippen LogP contribution in [0.4, 0.5) is 13.2 Å². The molecule has 10 heteroatoms. The number of aromatic nitrogens is 3. The Labute approximate surface area is 198 Å². The summed E-state index contributed by atoms with van der Waals surface area (Å²) in [4.78, 5) is 30.2. The van der Waals surface area contributed by atoms with Gasteiger partial charge in [0.15, 0.2) is 5.69 Å². The van der Waals surface area contributed by atoms with Crippen molar-refractivity contribution in [1.29, 1.82) is 0 Å². The van der Waals surface area contributed by atoms with E-state index >= 15 is 0 Å². The Morgan fingerprint density at radius 1 is 1.09 bits per heavy atom. The molecule has 0 radical (unpaired) electrons. The van der Waals surface area contributed by atoms with E-state index < -0.39 is 11.7 Å². The number of hydrogen-bond donors (Lipinski definition) is 2. The molecular formula is C25H22F3N5O2. The Hall–Kier alpha value is -4.08. The maximum atomic E-state index is 13.0. The molecule has 180 valence electrons. The third-order valence-electron chi connectivity index (χ3n) is 6.08. The smallest absolute Gasteiger partial charge is 0.361 e. The maximum absolute atomic E-state index is 13.0. The molecule has 0 aliphatic carbocycles. The highest BCUT2D eigenvalue weighted by Gasteiger charge is 2.31. The first kappa shape index (κ1) is 22.7. The van der Waals surface area contributed by atoms with Crippen LogP contribution in [0.15, 0.2) is 60.8 Å². The fraction of sp³-hybridized carbons (Fsp3) is 0.240. The van der Waals surface area contributed by atoms with E-state index in [0.29, 0.717) is 25.1 Å². The highest BCUT2D eigenvalue weighted by atomic mass is 19.4. The van der Waals surface area contributed by atoms with Crippen LogP contribution in [0.3, 0.4) is 0 Å². The van der Waals surface area contributed by atoms with Gasteiger partial charge in [-0.25, -0.2) is 0 Å². The number of carbonyl (C=O) groups is 2. The number of hydrogen-bond acceptors (Lipinski definition) is 3. The van der Waals surface area contributed by atoms with Crippen molar-refractivity contribution in [2.45, 2.75) is 25.7 Å². The van der Waals surface area contributed by atoms with Gasteiger partial charge in [-0.3, -0.25) is 14.3 Å². The first-order chi connectivity index (χ1) is 16.8. The zero-order valence-electron chi connectivity index (χ0n) is 18.6. The number of H-pyrrole nitrogens is 1. The van der Waals surface area contributed by atoms with Crippen molar-refractivity contribution in [2.75, 3.05) is 13.1 Å². The van der Waals surface area contributed by atoms with Crippen LogP contribution in [0.5, 0.6) is 0 Å². The molecule has 5 rings (SSSR count). The number of para-hydroxylation sites is 1.